The van der Waals surface area contributed by atoms with Crippen LogP contribution in [0.4, 0.5) is 17.1 Å². The zero-order valence-corrected chi connectivity index (χ0v) is 15.5. The Labute approximate surface area is 155 Å². The molecule has 0 aliphatic carbocycles. The minimum Gasteiger partial charge on any atom is -0.772 e. The number of fused-ring (bicyclic) bond motifs is 1. The van der Waals surface area contributed by atoms with Crippen LogP contribution in [0, 0.1) is 0 Å². The Morgan fingerprint density at radius 1 is 1.15 bits per heavy atom. The highest BCUT2D eigenvalue weighted by Gasteiger charge is 2.15. The van der Waals surface area contributed by atoms with Gasteiger partial charge in [0.1, 0.15) is 0 Å². The molecule has 2 aromatic carbocycles. The zero-order chi connectivity index (χ0) is 18.7. The normalized spacial score (nSPS) is 12.4. The summed E-state index contributed by atoms with van der Waals surface area (Å²) in [6, 6.07) is 13.8. The van der Waals surface area contributed by atoms with Gasteiger partial charge in [0, 0.05) is 41.2 Å². The first kappa shape index (κ1) is 18.3. The number of aromatic nitrogens is 1. The monoisotopic (exact) mass is 371 g/mol. The first-order valence-electron chi connectivity index (χ1n) is 8.58. The highest BCUT2D eigenvalue weighted by molar-refractivity contribution is 7.79. The molecule has 0 radical (unpaired) electrons. The smallest absolute Gasteiger partial charge is 0.0725 e. The van der Waals surface area contributed by atoms with Crippen LogP contribution in [0.3, 0.4) is 0 Å². The number of hydrogen-bond acceptors (Lipinski definition) is 5. The van der Waals surface area contributed by atoms with Gasteiger partial charge in [0.15, 0.2) is 0 Å². The van der Waals surface area contributed by atoms with E-state index in [4.69, 9.17) is 11.5 Å². The van der Waals surface area contributed by atoms with Crippen LogP contribution in [0.5, 0.6) is 0 Å². The summed E-state index contributed by atoms with van der Waals surface area (Å²) < 4.78 is 23.3. The number of anilines is 3. The lowest BCUT2D eigenvalue weighted by Gasteiger charge is -2.11. The Kier molecular flexibility index (Phi) is 5.49. The summed E-state index contributed by atoms with van der Waals surface area (Å²) in [6.07, 6.45) is 0.580. The molecule has 6 nitrogen and oxygen atoms in total. The average molecular weight is 371 g/mol. The van der Waals surface area contributed by atoms with Crippen molar-refractivity contribution in [2.75, 3.05) is 29.1 Å². The Morgan fingerprint density at radius 3 is 2.54 bits per heavy atom. The summed E-state index contributed by atoms with van der Waals surface area (Å²) in [5.74, 6) is 0.168. The molecule has 3 aromatic rings. The number of hydrogen-bond donors (Lipinski definition) is 3. The van der Waals surface area contributed by atoms with Gasteiger partial charge in [-0.05, 0) is 43.7 Å². The van der Waals surface area contributed by atoms with E-state index in [0.717, 1.165) is 45.8 Å². The lowest BCUT2D eigenvalue weighted by atomic mass is 10.1. The average Bonchev–Trinajstić information content (AvgIpc) is 2.90. The lowest BCUT2D eigenvalue weighted by molar-refractivity contribution is 0.535. The predicted molar refractivity (Wildman–Crippen MR) is 109 cm³/mol. The van der Waals surface area contributed by atoms with Gasteiger partial charge in [0.2, 0.25) is 0 Å². The Balaban J connectivity index is 1.87. The van der Waals surface area contributed by atoms with Gasteiger partial charge in [-0.1, -0.05) is 23.2 Å². The van der Waals surface area contributed by atoms with E-state index < -0.39 is 11.1 Å². The van der Waals surface area contributed by atoms with E-state index in [2.05, 4.69) is 16.8 Å². The molecular weight excluding hydrogens is 348 g/mol. The van der Waals surface area contributed by atoms with Gasteiger partial charge in [0.25, 0.3) is 0 Å². The molecule has 1 atom stereocenters. The molecule has 5 N–H and O–H groups in total. The third-order valence-corrected chi connectivity index (χ3v) is 5.04. The summed E-state index contributed by atoms with van der Waals surface area (Å²) in [5.41, 5.74) is 17.8. The molecular formula is C19H23N4O2S-. The second-order valence-corrected chi connectivity index (χ2v) is 7.16. The van der Waals surface area contributed by atoms with Crippen LogP contribution in [-0.4, -0.2) is 25.6 Å². The quantitative estimate of drug-likeness (QED) is 0.336. The first-order chi connectivity index (χ1) is 12.5. The molecule has 1 aromatic heterocycles. The van der Waals surface area contributed by atoms with Crippen LogP contribution in [0.15, 0.2) is 42.5 Å². The van der Waals surface area contributed by atoms with Crippen LogP contribution in [0.2, 0.25) is 0 Å². The fraction of sp³-hybridized carbons (Fsp3) is 0.263. The third kappa shape index (κ3) is 3.68. The molecule has 3 rings (SSSR count). The van der Waals surface area contributed by atoms with Crippen LogP contribution in [-0.2, 0) is 17.6 Å². The van der Waals surface area contributed by atoms with Gasteiger partial charge in [-0.2, -0.15) is 0 Å². The van der Waals surface area contributed by atoms with E-state index >= 15 is 0 Å². The van der Waals surface area contributed by atoms with Crippen molar-refractivity contribution in [2.24, 2.45) is 0 Å². The maximum atomic E-state index is 10.5. The van der Waals surface area contributed by atoms with Crippen molar-refractivity contribution in [3.63, 3.8) is 0 Å². The molecule has 0 spiro atoms. The van der Waals surface area contributed by atoms with Crippen molar-refractivity contribution in [3.8, 4) is 11.3 Å². The van der Waals surface area contributed by atoms with Gasteiger partial charge in [0.05, 0.1) is 16.9 Å². The van der Waals surface area contributed by atoms with E-state index in [1.54, 1.807) is 0 Å². The molecule has 138 valence electrons. The van der Waals surface area contributed by atoms with Gasteiger partial charge < -0.3 is 25.9 Å². The van der Waals surface area contributed by atoms with Crippen molar-refractivity contribution in [2.45, 2.75) is 19.9 Å². The number of rotatable bonds is 7. The van der Waals surface area contributed by atoms with Crippen molar-refractivity contribution in [1.82, 2.24) is 4.57 Å². The van der Waals surface area contributed by atoms with Crippen LogP contribution in [0.25, 0.3) is 22.2 Å². The number of nitrogens with one attached hydrogen (secondary N) is 1. The summed E-state index contributed by atoms with van der Waals surface area (Å²) in [5, 5.41) is 4.23. The van der Waals surface area contributed by atoms with Crippen molar-refractivity contribution in [1.29, 1.82) is 0 Å². The Bertz CT molecular complexity index is 935. The van der Waals surface area contributed by atoms with E-state index in [9.17, 15) is 8.76 Å². The molecule has 1 unspecified atom stereocenters. The molecule has 26 heavy (non-hydrogen) atoms. The van der Waals surface area contributed by atoms with E-state index in [1.807, 2.05) is 42.5 Å². The van der Waals surface area contributed by atoms with E-state index in [1.165, 1.54) is 0 Å². The molecule has 0 amide bonds. The lowest BCUT2D eigenvalue weighted by Crippen LogP contribution is -2.06. The van der Waals surface area contributed by atoms with Gasteiger partial charge >= 0.3 is 0 Å². The van der Waals surface area contributed by atoms with E-state index in [0.29, 0.717) is 13.0 Å². The maximum Gasteiger partial charge on any atom is 0.0725 e. The largest absolute Gasteiger partial charge is 0.772 e. The molecule has 0 saturated carbocycles. The first-order valence-corrected chi connectivity index (χ1v) is 9.83. The number of aryl methyl sites for hydroxylation is 1. The topological polar surface area (TPSA) is 109 Å². The molecule has 1 heterocycles. The number of nitrogens with two attached hydrogens (primary N) is 2. The molecule has 0 saturated heterocycles. The highest BCUT2D eigenvalue weighted by Crippen LogP contribution is 2.37. The minimum atomic E-state index is -1.98. The SMILES string of the molecule is CCn1c(-c2ccc(NCCCS(=O)[O-])cc2)c(N)c2ccc(N)cc21. The molecule has 0 aliphatic heterocycles. The summed E-state index contributed by atoms with van der Waals surface area (Å²) in [6.45, 7) is 3.49. The summed E-state index contributed by atoms with van der Waals surface area (Å²) in [4.78, 5) is 0. The van der Waals surface area contributed by atoms with E-state index in [-0.39, 0.29) is 5.75 Å². The Morgan fingerprint density at radius 2 is 1.88 bits per heavy atom. The Hall–Kier alpha value is -2.51. The van der Waals surface area contributed by atoms with Crippen LogP contribution in [0.1, 0.15) is 13.3 Å². The number of nitrogen functional groups attached to an aromatic ring is 2. The summed E-state index contributed by atoms with van der Waals surface area (Å²) >= 11 is -1.98. The third-order valence-electron chi connectivity index (χ3n) is 4.42. The van der Waals surface area contributed by atoms with Crippen LogP contribution < -0.4 is 16.8 Å². The van der Waals surface area contributed by atoms with Crippen LogP contribution >= 0.6 is 0 Å². The van der Waals surface area contributed by atoms with Crippen molar-refractivity contribution in [3.05, 3.63) is 42.5 Å². The fourth-order valence-corrected chi connectivity index (χ4v) is 3.58. The van der Waals surface area contributed by atoms with Crippen molar-refractivity contribution < 1.29 is 8.76 Å². The minimum absolute atomic E-state index is 0.168. The zero-order valence-electron chi connectivity index (χ0n) is 14.7. The summed E-state index contributed by atoms with van der Waals surface area (Å²) in [7, 11) is 0. The molecule has 0 fully saturated rings. The number of benzene rings is 2. The second kappa shape index (κ2) is 7.80. The van der Waals surface area contributed by atoms with Gasteiger partial charge in [-0.25, -0.2) is 0 Å². The standard InChI is InChI=1S/C19H24N4O2S/c1-2-23-17-12-14(20)6-9-16(17)18(21)19(23)13-4-7-15(8-5-13)22-10-3-11-26(24)25/h4-9,12,22H,2-3,10-11,20-21H2,1H3,(H,24,25)/p-1. The molecule has 0 bridgehead atoms. The second-order valence-electron chi connectivity index (χ2n) is 6.15. The van der Waals surface area contributed by atoms with Crippen molar-refractivity contribution >= 4 is 39.0 Å². The number of nitrogens with zero attached hydrogens (tertiary/aromatic N) is 1. The molecule has 7 heteroatoms. The predicted octanol–water partition coefficient (Wildman–Crippen LogP) is 3.17. The van der Waals surface area contributed by atoms with Gasteiger partial charge in [-0.15, -0.1) is 0 Å². The maximum absolute atomic E-state index is 10.5. The highest BCUT2D eigenvalue weighted by atomic mass is 32.2. The molecule has 0 aliphatic rings. The fourth-order valence-electron chi connectivity index (χ4n) is 3.20. The van der Waals surface area contributed by atoms with Gasteiger partial charge in [-0.3, -0.25) is 4.21 Å².